The van der Waals surface area contributed by atoms with Gasteiger partial charge >= 0.3 is 6.18 Å². The SMILES string of the molecule is FC(F)(F)c1cccc(SN2CCCc3ccc(-c4ccc(Cl)c(Cl)c4)cc32)c1. The minimum absolute atomic E-state index is 0.483. The lowest BCUT2D eigenvalue weighted by atomic mass is 9.98. The number of halogens is 5. The molecule has 1 nitrogen and oxygen atoms in total. The first-order chi connectivity index (χ1) is 13.8. The fraction of sp³-hybridized carbons (Fsp3) is 0.182. The molecule has 0 fully saturated rings. The molecule has 1 aliphatic heterocycles. The van der Waals surface area contributed by atoms with Crippen molar-refractivity contribution in [2.45, 2.75) is 23.9 Å². The third-order valence-electron chi connectivity index (χ3n) is 4.79. The minimum Gasteiger partial charge on any atom is -0.312 e. The third kappa shape index (κ3) is 4.52. The van der Waals surface area contributed by atoms with Crippen molar-refractivity contribution in [3.63, 3.8) is 0 Å². The molecule has 0 aromatic heterocycles. The average molecular weight is 454 g/mol. The van der Waals surface area contributed by atoms with E-state index in [2.05, 4.69) is 16.4 Å². The highest BCUT2D eigenvalue weighted by atomic mass is 35.5. The zero-order valence-corrected chi connectivity index (χ0v) is 17.5. The molecule has 7 heteroatoms. The molecule has 0 bridgehead atoms. The molecule has 0 saturated heterocycles. The fourth-order valence-electron chi connectivity index (χ4n) is 3.35. The van der Waals surface area contributed by atoms with Crippen molar-refractivity contribution in [2.24, 2.45) is 0 Å². The Kier molecular flexibility index (Phi) is 5.74. The molecule has 0 spiro atoms. The summed E-state index contributed by atoms with van der Waals surface area (Å²) in [5.74, 6) is 0. The molecular weight excluding hydrogens is 438 g/mol. The summed E-state index contributed by atoms with van der Waals surface area (Å²) in [7, 11) is 0. The molecule has 3 aromatic carbocycles. The van der Waals surface area contributed by atoms with Gasteiger partial charge in [0.25, 0.3) is 0 Å². The summed E-state index contributed by atoms with van der Waals surface area (Å²) in [6, 6.07) is 17.1. The molecule has 0 amide bonds. The Morgan fingerprint density at radius 1 is 0.862 bits per heavy atom. The Labute approximate surface area is 181 Å². The van der Waals surface area contributed by atoms with Crippen LogP contribution in [0.1, 0.15) is 17.5 Å². The number of hydrogen-bond donors (Lipinski definition) is 0. The van der Waals surface area contributed by atoms with Gasteiger partial charge in [0.15, 0.2) is 0 Å². The van der Waals surface area contributed by atoms with Crippen molar-refractivity contribution >= 4 is 40.8 Å². The molecule has 1 aliphatic rings. The molecule has 0 radical (unpaired) electrons. The van der Waals surface area contributed by atoms with Gasteiger partial charge in [0.2, 0.25) is 0 Å². The zero-order chi connectivity index (χ0) is 20.6. The third-order valence-corrected chi connectivity index (χ3v) is 6.59. The minimum atomic E-state index is -4.35. The van der Waals surface area contributed by atoms with Gasteiger partial charge in [-0.05, 0) is 77.9 Å². The molecule has 0 saturated carbocycles. The predicted molar refractivity (Wildman–Crippen MR) is 115 cm³/mol. The molecule has 0 unspecified atom stereocenters. The van der Waals surface area contributed by atoms with Crippen LogP contribution in [0.2, 0.25) is 10.0 Å². The van der Waals surface area contributed by atoms with Crippen LogP contribution in [-0.4, -0.2) is 6.54 Å². The summed E-state index contributed by atoms with van der Waals surface area (Å²) in [5.41, 5.74) is 3.49. The molecule has 0 aliphatic carbocycles. The second-order valence-corrected chi connectivity index (χ2v) is 8.70. The van der Waals surface area contributed by atoms with E-state index in [1.165, 1.54) is 29.6 Å². The van der Waals surface area contributed by atoms with Crippen LogP contribution in [0.15, 0.2) is 65.6 Å². The molecule has 3 aromatic rings. The highest BCUT2D eigenvalue weighted by Crippen LogP contribution is 2.40. The molecule has 1 heterocycles. The maximum atomic E-state index is 13.0. The van der Waals surface area contributed by atoms with Crippen molar-refractivity contribution in [1.82, 2.24) is 0 Å². The maximum Gasteiger partial charge on any atom is 0.416 e. The lowest BCUT2D eigenvalue weighted by Crippen LogP contribution is -2.22. The van der Waals surface area contributed by atoms with Crippen molar-refractivity contribution in [3.05, 3.63) is 81.8 Å². The summed E-state index contributed by atoms with van der Waals surface area (Å²) in [6.45, 7) is 0.763. The predicted octanol–water partition coefficient (Wildman–Crippen LogP) is 8.14. The fourth-order valence-corrected chi connectivity index (χ4v) is 4.71. The molecular formula is C22H16Cl2F3NS. The van der Waals surface area contributed by atoms with Crippen molar-refractivity contribution in [2.75, 3.05) is 10.8 Å². The normalized spacial score (nSPS) is 14.0. The van der Waals surface area contributed by atoms with Crippen molar-refractivity contribution in [1.29, 1.82) is 0 Å². The van der Waals surface area contributed by atoms with E-state index in [0.29, 0.717) is 14.9 Å². The smallest absolute Gasteiger partial charge is 0.312 e. The topological polar surface area (TPSA) is 3.24 Å². The van der Waals surface area contributed by atoms with Gasteiger partial charge in [0, 0.05) is 11.4 Å². The number of fused-ring (bicyclic) bond motifs is 1. The lowest BCUT2D eigenvalue weighted by molar-refractivity contribution is -0.137. The second-order valence-electron chi connectivity index (χ2n) is 6.79. The first kappa shape index (κ1) is 20.5. The lowest BCUT2D eigenvalue weighted by Gasteiger charge is -2.30. The van der Waals surface area contributed by atoms with Crippen LogP contribution in [-0.2, 0) is 12.6 Å². The quantitative estimate of drug-likeness (QED) is 0.368. The number of aryl methyl sites for hydroxylation is 1. The van der Waals surface area contributed by atoms with E-state index in [4.69, 9.17) is 23.2 Å². The van der Waals surface area contributed by atoms with Gasteiger partial charge in [-0.25, -0.2) is 0 Å². The molecule has 4 rings (SSSR count). The average Bonchev–Trinajstić information content (AvgIpc) is 2.70. The first-order valence-corrected chi connectivity index (χ1v) is 10.6. The zero-order valence-electron chi connectivity index (χ0n) is 15.1. The van der Waals surface area contributed by atoms with Crippen LogP contribution in [0.5, 0.6) is 0 Å². The summed E-state index contributed by atoms with van der Waals surface area (Å²) in [4.78, 5) is 0.563. The second kappa shape index (κ2) is 8.13. The van der Waals surface area contributed by atoms with Crippen LogP contribution in [0.4, 0.5) is 18.9 Å². The van der Waals surface area contributed by atoms with E-state index < -0.39 is 11.7 Å². The van der Waals surface area contributed by atoms with Crippen molar-refractivity contribution < 1.29 is 13.2 Å². The monoisotopic (exact) mass is 453 g/mol. The number of rotatable bonds is 3. The highest BCUT2D eigenvalue weighted by molar-refractivity contribution is 8.00. The summed E-state index contributed by atoms with van der Waals surface area (Å²) < 4.78 is 41.2. The number of anilines is 1. The van der Waals surface area contributed by atoms with Crippen LogP contribution in [0.3, 0.4) is 0 Å². The van der Waals surface area contributed by atoms with E-state index in [0.717, 1.165) is 42.3 Å². The summed E-state index contributed by atoms with van der Waals surface area (Å²) >= 11 is 13.5. The van der Waals surface area contributed by atoms with E-state index in [1.54, 1.807) is 12.1 Å². The Morgan fingerprint density at radius 3 is 2.38 bits per heavy atom. The van der Waals surface area contributed by atoms with Gasteiger partial charge in [-0.15, -0.1) is 0 Å². The Bertz CT molecular complexity index is 1050. The number of benzene rings is 3. The van der Waals surface area contributed by atoms with Crippen LogP contribution >= 0.6 is 35.1 Å². The highest BCUT2D eigenvalue weighted by Gasteiger charge is 2.30. The molecule has 150 valence electrons. The number of nitrogens with zero attached hydrogens (tertiary/aromatic N) is 1. The van der Waals surface area contributed by atoms with E-state index >= 15 is 0 Å². The van der Waals surface area contributed by atoms with Crippen LogP contribution in [0.25, 0.3) is 11.1 Å². The maximum absolute atomic E-state index is 13.0. The Morgan fingerprint density at radius 2 is 1.62 bits per heavy atom. The number of alkyl halides is 3. The Balaban J connectivity index is 1.66. The van der Waals surface area contributed by atoms with E-state index in [1.807, 2.05) is 18.2 Å². The van der Waals surface area contributed by atoms with Gasteiger partial charge < -0.3 is 4.31 Å². The van der Waals surface area contributed by atoms with Gasteiger partial charge in [-0.2, -0.15) is 13.2 Å². The standard InChI is InChI=1S/C22H16Cl2F3NS/c23-19-9-8-15(11-20(19)24)16-7-6-14-3-2-10-28(21(14)12-16)29-18-5-1-4-17(13-18)22(25,26)27/h1,4-9,11-13H,2-3,10H2. The molecule has 0 N–H and O–H groups in total. The van der Waals surface area contributed by atoms with E-state index in [-0.39, 0.29) is 0 Å². The van der Waals surface area contributed by atoms with E-state index in [9.17, 15) is 13.2 Å². The summed E-state index contributed by atoms with van der Waals surface area (Å²) in [5, 5.41) is 0.979. The van der Waals surface area contributed by atoms with Crippen LogP contribution < -0.4 is 4.31 Å². The molecule has 29 heavy (non-hydrogen) atoms. The summed E-state index contributed by atoms with van der Waals surface area (Å²) in [6.07, 6.45) is -2.46. The number of hydrogen-bond acceptors (Lipinski definition) is 2. The van der Waals surface area contributed by atoms with Crippen molar-refractivity contribution in [3.8, 4) is 11.1 Å². The van der Waals surface area contributed by atoms with Crippen LogP contribution in [0, 0.1) is 0 Å². The Hall–Kier alpha value is -1.82. The first-order valence-electron chi connectivity index (χ1n) is 9.02. The van der Waals surface area contributed by atoms with Gasteiger partial charge in [0.05, 0.1) is 21.3 Å². The largest absolute Gasteiger partial charge is 0.416 e. The van der Waals surface area contributed by atoms with Gasteiger partial charge in [-0.3, -0.25) is 0 Å². The van der Waals surface area contributed by atoms with Gasteiger partial charge in [0.1, 0.15) is 0 Å². The van der Waals surface area contributed by atoms with Gasteiger partial charge in [-0.1, -0.05) is 47.5 Å². The molecule has 0 atom stereocenters.